The molecule has 0 unspecified atom stereocenters. The second-order valence-electron chi connectivity index (χ2n) is 40.3. The molecule has 32 aromatic rings. The number of furan rings is 3. The quantitative estimate of drug-likeness (QED) is 0.137. The Labute approximate surface area is 860 Å². The van der Waals surface area contributed by atoms with Crippen LogP contribution >= 0.6 is 0 Å². The van der Waals surface area contributed by atoms with Crippen molar-refractivity contribution in [3.05, 3.63) is 515 Å². The number of rotatable bonds is 10. The summed E-state index contributed by atoms with van der Waals surface area (Å²) in [6, 6.07) is 181. The number of benzene rings is 22. The minimum absolute atomic E-state index is 0.0777. The first-order valence-corrected chi connectivity index (χ1v) is 51.4. The molecule has 0 aliphatic heterocycles. The zero-order valence-corrected chi connectivity index (χ0v) is 81.8. The van der Waals surface area contributed by atoms with Gasteiger partial charge in [0.25, 0.3) is 0 Å². The third-order valence-corrected chi connectivity index (χ3v) is 31.7. The van der Waals surface area contributed by atoms with Crippen molar-refractivity contribution < 1.29 is 13.3 Å². The number of aromatic nitrogens is 7. The fraction of sp³-hybridized carbons (Fsp3) is 0.0214. The molecule has 0 N–H and O–H groups in total. The minimum Gasteiger partial charge on any atom is -0.455 e. The summed E-state index contributed by atoms with van der Waals surface area (Å²) in [5, 5.41) is 21.1. The Bertz CT molecular complexity index is 11200. The third kappa shape index (κ3) is 12.9. The summed E-state index contributed by atoms with van der Waals surface area (Å²) in [5.41, 5.74) is 40.5. The van der Waals surface area contributed by atoms with Crippen LogP contribution in [0.4, 0.5) is 0 Å². The standard InChI is InChI=1S/C48H30N2O.C47H29N3O.C45H30N2O/c1-4-13-31(14-5-1)33-17-12-20-36(27-33)50-42-22-11-10-21-37(42)39-29-41-45(30-44(39)50)49(35-18-8-3-9-19-35)43-25-24-38-40-28-34(32-15-6-2-7-16-32)23-26-46(40)51-48(38)47(41)43;1-3-12-30(13-4-1)39-18-11-19-40(48-39)31-22-24-33(25-23-31)49-41-20-9-7-16-34(41)37-28-38-44(29-43(37)49)50(32-14-5-2-6-15-32)42-27-26-36-35-17-8-10-21-45(35)51-47(36)46(38)42;1-45(2)36-17-9-6-14-29(36)30-21-20-28(24-37(30)45)47-38-18-10-7-15-31(38)34-25-35-41(26-40(34)47)46(27-12-4-3-5-13-27)39-23-22-33-32-16-8-11-19-42(32)48-44(33)43(35)39/h1-30H;1-29H;3-26H,1-2H3. The average molecular weight is 1920 g/mol. The fourth-order valence-electron chi connectivity index (χ4n) is 24.9. The van der Waals surface area contributed by atoms with Crippen molar-refractivity contribution in [2.45, 2.75) is 19.3 Å². The van der Waals surface area contributed by atoms with Crippen LogP contribution in [0.3, 0.4) is 0 Å². The van der Waals surface area contributed by atoms with Crippen molar-refractivity contribution in [2.75, 3.05) is 0 Å². The van der Waals surface area contributed by atoms with E-state index in [-0.39, 0.29) is 5.41 Å². The molecular formula is C140H89N7O3. The Morgan fingerprint density at radius 2 is 0.480 bits per heavy atom. The molecule has 1 aliphatic rings. The van der Waals surface area contributed by atoms with Gasteiger partial charge in [0.05, 0.1) is 93.7 Å². The number of para-hydroxylation sites is 8. The van der Waals surface area contributed by atoms with E-state index in [0.717, 1.165) is 172 Å². The fourth-order valence-corrected chi connectivity index (χ4v) is 24.9. The van der Waals surface area contributed by atoms with Crippen molar-refractivity contribution in [2.24, 2.45) is 0 Å². The van der Waals surface area contributed by atoms with Gasteiger partial charge in [-0.1, -0.05) is 317 Å². The molecule has 0 fully saturated rings. The van der Waals surface area contributed by atoms with Crippen LogP contribution in [0.1, 0.15) is 25.0 Å². The smallest absolute Gasteiger partial charge is 0.145 e. The van der Waals surface area contributed by atoms with Crippen LogP contribution in [0.15, 0.2) is 517 Å². The largest absolute Gasteiger partial charge is 0.455 e. The van der Waals surface area contributed by atoms with Crippen LogP contribution in [0.5, 0.6) is 0 Å². The van der Waals surface area contributed by atoms with Crippen LogP contribution in [0.25, 0.3) is 287 Å². The first-order chi connectivity index (χ1) is 74.2. The molecule has 10 heteroatoms. The maximum atomic E-state index is 6.82. The van der Waals surface area contributed by atoms with Gasteiger partial charge in [-0.25, -0.2) is 4.98 Å². The van der Waals surface area contributed by atoms with Crippen molar-refractivity contribution >= 4 is 197 Å². The Hall–Kier alpha value is -19.8. The molecule has 702 valence electrons. The van der Waals surface area contributed by atoms with E-state index < -0.39 is 0 Å². The SMILES string of the molecule is CC1(C)c2ccccc2-c2ccc(-n3c4ccccc4c4cc5c6c7oc8ccccc8c7ccc6n(-c6ccccc6)c5cc43)cc21.c1ccc(-c2cccc(-c3ccc(-n4c5ccccc5c5cc6c7c8oc9ccccc9c8ccc7n(-c7ccccc7)c6cc54)cc3)n2)cc1.c1ccc(-c2cccc(-n3c4ccccc4c4cc5c6c7oc8ccc(-c9ccccc9)cc8c7ccc6n(-c6ccccc6)c5cc43)c2)cc1. The molecule has 150 heavy (non-hydrogen) atoms. The lowest BCUT2D eigenvalue weighted by Gasteiger charge is -2.22. The maximum absolute atomic E-state index is 6.82. The summed E-state index contributed by atoms with van der Waals surface area (Å²) < 4.78 is 34.6. The highest BCUT2D eigenvalue weighted by Gasteiger charge is 2.37. The summed E-state index contributed by atoms with van der Waals surface area (Å²) in [4.78, 5) is 5.02. The van der Waals surface area contributed by atoms with Crippen molar-refractivity contribution in [1.29, 1.82) is 0 Å². The van der Waals surface area contributed by atoms with Gasteiger partial charge in [0.15, 0.2) is 0 Å². The Kier molecular flexibility index (Phi) is 18.7. The van der Waals surface area contributed by atoms with Crippen LogP contribution in [0, 0.1) is 0 Å². The van der Waals surface area contributed by atoms with Gasteiger partial charge >= 0.3 is 0 Å². The molecule has 0 saturated heterocycles. The van der Waals surface area contributed by atoms with Gasteiger partial charge in [0, 0.05) is 131 Å². The Morgan fingerprint density at radius 3 is 0.947 bits per heavy atom. The van der Waals surface area contributed by atoms with E-state index in [1.54, 1.807) is 0 Å². The lowest BCUT2D eigenvalue weighted by Crippen LogP contribution is -2.15. The van der Waals surface area contributed by atoms with Crippen LogP contribution in [-0.4, -0.2) is 32.4 Å². The lowest BCUT2D eigenvalue weighted by atomic mass is 9.82. The van der Waals surface area contributed by atoms with Gasteiger partial charge in [-0.2, -0.15) is 0 Å². The molecule has 0 atom stereocenters. The van der Waals surface area contributed by atoms with Gasteiger partial charge in [0.2, 0.25) is 0 Å². The molecule has 10 heterocycles. The van der Waals surface area contributed by atoms with Crippen LogP contribution in [0.2, 0.25) is 0 Å². The van der Waals surface area contributed by atoms with E-state index in [1.807, 2.05) is 18.2 Å². The number of nitrogens with zero attached hydrogens (tertiary/aromatic N) is 7. The van der Waals surface area contributed by atoms with Gasteiger partial charge < -0.3 is 40.7 Å². The molecule has 0 bridgehead atoms. The lowest BCUT2D eigenvalue weighted by molar-refractivity contribution is 0.660. The predicted octanol–water partition coefficient (Wildman–Crippen LogP) is 37.7. The summed E-state index contributed by atoms with van der Waals surface area (Å²) in [6.45, 7) is 4.71. The molecule has 10 nitrogen and oxygen atoms in total. The van der Waals surface area contributed by atoms with Crippen LogP contribution in [-0.2, 0) is 5.41 Å². The van der Waals surface area contributed by atoms with Gasteiger partial charge in [-0.05, 0) is 245 Å². The zero-order chi connectivity index (χ0) is 98.7. The molecule has 0 saturated carbocycles. The number of hydrogen-bond acceptors (Lipinski definition) is 4. The normalized spacial score (nSPS) is 12.5. The molecule has 0 spiro atoms. The van der Waals surface area contributed by atoms with E-state index in [4.69, 9.17) is 18.2 Å². The first kappa shape index (κ1) is 84.7. The Morgan fingerprint density at radius 1 is 0.167 bits per heavy atom. The third-order valence-electron chi connectivity index (χ3n) is 31.7. The predicted molar refractivity (Wildman–Crippen MR) is 624 cm³/mol. The Balaban J connectivity index is 0.000000101. The van der Waals surface area contributed by atoms with Gasteiger partial charge in [-0.15, -0.1) is 0 Å². The monoisotopic (exact) mass is 1920 g/mol. The summed E-state index contributed by atoms with van der Waals surface area (Å²) in [7, 11) is 0. The highest BCUT2D eigenvalue weighted by atomic mass is 16.3. The second-order valence-corrected chi connectivity index (χ2v) is 40.3. The molecular weight excluding hydrogens is 1830 g/mol. The summed E-state index contributed by atoms with van der Waals surface area (Å²) in [5.74, 6) is 0. The van der Waals surface area contributed by atoms with E-state index in [9.17, 15) is 0 Å². The minimum atomic E-state index is -0.0777. The molecule has 0 amide bonds. The molecule has 10 aromatic heterocycles. The number of pyridine rings is 1. The first-order valence-electron chi connectivity index (χ1n) is 51.4. The molecule has 33 rings (SSSR count). The summed E-state index contributed by atoms with van der Waals surface area (Å²) in [6.07, 6.45) is 0. The summed E-state index contributed by atoms with van der Waals surface area (Å²) >= 11 is 0. The highest BCUT2D eigenvalue weighted by Crippen LogP contribution is 2.54. The van der Waals surface area contributed by atoms with E-state index in [0.29, 0.717) is 0 Å². The van der Waals surface area contributed by atoms with E-state index in [2.05, 4.69) is 527 Å². The molecule has 22 aromatic carbocycles. The van der Waals surface area contributed by atoms with Crippen molar-refractivity contribution in [3.63, 3.8) is 0 Å². The topological polar surface area (TPSA) is 81.9 Å². The van der Waals surface area contributed by atoms with Crippen LogP contribution < -0.4 is 0 Å². The maximum Gasteiger partial charge on any atom is 0.145 e. The average Bonchev–Trinajstić information content (AvgIpc) is 1.54. The van der Waals surface area contributed by atoms with E-state index >= 15 is 0 Å². The number of fused-ring (bicyclic) bond motifs is 33. The zero-order valence-electron chi connectivity index (χ0n) is 81.8. The highest BCUT2D eigenvalue weighted by molar-refractivity contribution is 6.31. The van der Waals surface area contributed by atoms with Gasteiger partial charge in [-0.3, -0.25) is 0 Å². The van der Waals surface area contributed by atoms with Gasteiger partial charge in [0.1, 0.15) is 33.5 Å². The molecule has 0 radical (unpaired) electrons. The number of hydrogen-bond donors (Lipinski definition) is 0. The van der Waals surface area contributed by atoms with E-state index in [1.165, 1.54) is 126 Å². The molecule has 1 aliphatic carbocycles. The van der Waals surface area contributed by atoms with Crippen molar-refractivity contribution in [1.82, 2.24) is 32.4 Å². The second kappa shape index (κ2) is 33.1. The van der Waals surface area contributed by atoms with Crippen molar-refractivity contribution in [3.8, 4) is 90.0 Å².